The second kappa shape index (κ2) is 7.47. The van der Waals surface area contributed by atoms with Crippen LogP contribution in [-0.4, -0.2) is 27.9 Å². The van der Waals surface area contributed by atoms with Crippen LogP contribution in [0.25, 0.3) is 0 Å². The third-order valence-corrected chi connectivity index (χ3v) is 4.66. The quantitative estimate of drug-likeness (QED) is 0.872. The van der Waals surface area contributed by atoms with Crippen LogP contribution >= 0.6 is 0 Å². The number of carboxylic acids is 1. The van der Waals surface area contributed by atoms with Crippen LogP contribution in [0, 0.1) is 5.82 Å². The molecular weight excluding hydrogens is 321 g/mol. The predicted octanol–water partition coefficient (Wildman–Crippen LogP) is 3.65. The van der Waals surface area contributed by atoms with Crippen molar-refractivity contribution in [2.45, 2.75) is 38.3 Å². The van der Waals surface area contributed by atoms with Crippen molar-refractivity contribution in [3.8, 4) is 0 Å². The lowest BCUT2D eigenvalue weighted by atomic mass is 9.90. The monoisotopic (exact) mass is 341 g/mol. The molecule has 0 aromatic heterocycles. The minimum Gasteiger partial charge on any atom is -0.478 e. The lowest BCUT2D eigenvalue weighted by Crippen LogP contribution is -2.44. The highest BCUT2D eigenvalue weighted by atomic mass is 19.1. The van der Waals surface area contributed by atoms with E-state index in [2.05, 4.69) is 0 Å². The van der Waals surface area contributed by atoms with Gasteiger partial charge in [0.1, 0.15) is 5.82 Å². The molecule has 0 unspecified atom stereocenters. The molecule has 1 aliphatic carbocycles. The molecule has 3 rings (SSSR count). The summed E-state index contributed by atoms with van der Waals surface area (Å²) < 4.78 is 14.0. The fourth-order valence-electron chi connectivity index (χ4n) is 3.02. The maximum absolute atomic E-state index is 14.0. The van der Waals surface area contributed by atoms with Crippen molar-refractivity contribution in [2.75, 3.05) is 0 Å². The average Bonchev–Trinajstić information content (AvgIpc) is 2.54. The van der Waals surface area contributed by atoms with Crippen molar-refractivity contribution in [2.24, 2.45) is 0 Å². The van der Waals surface area contributed by atoms with E-state index in [1.54, 1.807) is 35.2 Å². The molecule has 25 heavy (non-hydrogen) atoms. The highest BCUT2D eigenvalue weighted by Gasteiger charge is 2.29. The molecule has 0 spiro atoms. The van der Waals surface area contributed by atoms with Crippen molar-refractivity contribution in [3.05, 3.63) is 71.0 Å². The number of rotatable bonds is 6. The first-order valence-electron chi connectivity index (χ1n) is 8.39. The van der Waals surface area contributed by atoms with Gasteiger partial charge in [0.2, 0.25) is 5.91 Å². The van der Waals surface area contributed by atoms with Gasteiger partial charge >= 0.3 is 5.97 Å². The molecule has 4 nitrogen and oxygen atoms in total. The van der Waals surface area contributed by atoms with Crippen molar-refractivity contribution in [1.29, 1.82) is 0 Å². The maximum Gasteiger partial charge on any atom is 0.335 e. The van der Waals surface area contributed by atoms with E-state index in [0.717, 1.165) is 19.3 Å². The number of amides is 1. The normalized spacial score (nSPS) is 14.0. The van der Waals surface area contributed by atoms with Crippen LogP contribution in [0.2, 0.25) is 0 Å². The van der Waals surface area contributed by atoms with Crippen LogP contribution in [0.3, 0.4) is 0 Å². The highest BCUT2D eigenvalue weighted by Crippen LogP contribution is 2.27. The van der Waals surface area contributed by atoms with E-state index in [0.29, 0.717) is 11.1 Å². The van der Waals surface area contributed by atoms with Crippen molar-refractivity contribution in [3.63, 3.8) is 0 Å². The molecule has 5 heteroatoms. The second-order valence-electron chi connectivity index (χ2n) is 6.38. The minimum atomic E-state index is -1.02. The Hall–Kier alpha value is -2.69. The summed E-state index contributed by atoms with van der Waals surface area (Å²) in [6.45, 7) is 0.245. The molecule has 130 valence electrons. The van der Waals surface area contributed by atoms with Gasteiger partial charge in [-0.25, -0.2) is 9.18 Å². The molecule has 1 saturated carbocycles. The lowest BCUT2D eigenvalue weighted by Gasteiger charge is -2.38. The van der Waals surface area contributed by atoms with Gasteiger partial charge in [0, 0.05) is 18.2 Å². The number of benzene rings is 2. The Morgan fingerprint density at radius 1 is 1.12 bits per heavy atom. The molecule has 1 N–H and O–H groups in total. The fourth-order valence-corrected chi connectivity index (χ4v) is 3.02. The molecule has 2 aromatic rings. The molecule has 1 amide bonds. The number of halogens is 1. The fraction of sp³-hybridized carbons (Fsp3) is 0.300. The first kappa shape index (κ1) is 17.1. The van der Waals surface area contributed by atoms with E-state index in [9.17, 15) is 14.0 Å². The number of nitrogens with zero attached hydrogens (tertiary/aromatic N) is 1. The van der Waals surface area contributed by atoms with Gasteiger partial charge in [-0.15, -0.1) is 0 Å². The van der Waals surface area contributed by atoms with E-state index in [-0.39, 0.29) is 36.3 Å². The summed E-state index contributed by atoms with van der Waals surface area (Å²) in [5, 5.41) is 9.08. The first-order valence-corrected chi connectivity index (χ1v) is 8.39. The number of carbonyl (C=O) groups is 2. The summed E-state index contributed by atoms with van der Waals surface area (Å²) in [6.07, 6.45) is 3.04. The number of carbonyl (C=O) groups excluding carboxylic acids is 1. The molecule has 0 atom stereocenters. The minimum absolute atomic E-state index is 0.101. The van der Waals surface area contributed by atoms with Gasteiger partial charge in [0.05, 0.1) is 12.0 Å². The number of carboxylic acid groups (broad SMARTS) is 1. The summed E-state index contributed by atoms with van der Waals surface area (Å²) in [5.74, 6) is -1.43. The van der Waals surface area contributed by atoms with Crippen LogP contribution < -0.4 is 0 Å². The smallest absolute Gasteiger partial charge is 0.335 e. The molecule has 0 heterocycles. The largest absolute Gasteiger partial charge is 0.478 e. The SMILES string of the molecule is O=C(O)c1cccc(CC(=O)N(Cc2ccccc2F)C2CCC2)c1. The van der Waals surface area contributed by atoms with Crippen LogP contribution in [0.15, 0.2) is 48.5 Å². The van der Waals surface area contributed by atoms with Crippen molar-refractivity contribution >= 4 is 11.9 Å². The van der Waals surface area contributed by atoms with Gasteiger partial charge in [-0.2, -0.15) is 0 Å². The third-order valence-electron chi connectivity index (χ3n) is 4.66. The first-order chi connectivity index (χ1) is 12.0. The third kappa shape index (κ3) is 4.05. The van der Waals surface area contributed by atoms with E-state index < -0.39 is 5.97 Å². The van der Waals surface area contributed by atoms with Gasteiger partial charge < -0.3 is 10.0 Å². The second-order valence-corrected chi connectivity index (χ2v) is 6.38. The Morgan fingerprint density at radius 3 is 2.52 bits per heavy atom. The van der Waals surface area contributed by atoms with Crippen molar-refractivity contribution in [1.82, 2.24) is 4.90 Å². The van der Waals surface area contributed by atoms with Crippen LogP contribution in [0.1, 0.15) is 40.7 Å². The van der Waals surface area contributed by atoms with Gasteiger partial charge in [0.15, 0.2) is 0 Å². The molecule has 1 fully saturated rings. The van der Waals surface area contributed by atoms with E-state index in [1.807, 2.05) is 0 Å². The Labute approximate surface area is 145 Å². The Bertz CT molecular complexity index is 786. The van der Waals surface area contributed by atoms with Crippen LogP contribution in [-0.2, 0) is 17.8 Å². The maximum atomic E-state index is 14.0. The van der Waals surface area contributed by atoms with Gasteiger partial charge in [-0.1, -0.05) is 30.3 Å². The average molecular weight is 341 g/mol. The summed E-state index contributed by atoms with van der Waals surface area (Å²) in [7, 11) is 0. The van der Waals surface area contributed by atoms with Gasteiger partial charge in [0.25, 0.3) is 0 Å². The van der Waals surface area contributed by atoms with Gasteiger partial charge in [-0.3, -0.25) is 4.79 Å². The van der Waals surface area contributed by atoms with E-state index in [4.69, 9.17) is 5.11 Å². The van der Waals surface area contributed by atoms with Crippen LogP contribution in [0.5, 0.6) is 0 Å². The summed E-state index contributed by atoms with van der Waals surface area (Å²) >= 11 is 0. The Morgan fingerprint density at radius 2 is 1.88 bits per heavy atom. The van der Waals surface area contributed by atoms with Gasteiger partial charge in [-0.05, 0) is 43.0 Å². The predicted molar refractivity (Wildman–Crippen MR) is 91.7 cm³/mol. The Balaban J connectivity index is 1.77. The zero-order chi connectivity index (χ0) is 17.8. The molecule has 0 saturated heterocycles. The zero-order valence-corrected chi connectivity index (χ0v) is 13.8. The molecule has 0 bridgehead atoms. The van der Waals surface area contributed by atoms with Crippen molar-refractivity contribution < 1.29 is 19.1 Å². The number of aromatic carboxylic acids is 1. The topological polar surface area (TPSA) is 57.6 Å². The molecule has 0 aliphatic heterocycles. The van der Waals surface area contributed by atoms with E-state index in [1.165, 1.54) is 18.2 Å². The lowest BCUT2D eigenvalue weighted by molar-refractivity contribution is -0.135. The highest BCUT2D eigenvalue weighted by molar-refractivity contribution is 5.88. The summed E-state index contributed by atoms with van der Waals surface area (Å²) in [5.41, 5.74) is 1.32. The Kier molecular flexibility index (Phi) is 5.12. The summed E-state index contributed by atoms with van der Waals surface area (Å²) in [4.78, 5) is 25.6. The number of hydrogen-bond acceptors (Lipinski definition) is 2. The molecule has 2 aromatic carbocycles. The van der Waals surface area contributed by atoms with E-state index >= 15 is 0 Å². The standard InChI is InChI=1S/C20H20FNO3/c21-18-10-2-1-6-16(18)13-22(17-8-4-9-17)19(23)12-14-5-3-7-15(11-14)20(24)25/h1-3,5-7,10-11,17H,4,8-9,12-13H2,(H,24,25). The molecular formula is C20H20FNO3. The molecule has 1 aliphatic rings. The zero-order valence-electron chi connectivity index (χ0n) is 13.8. The van der Waals surface area contributed by atoms with Crippen LogP contribution in [0.4, 0.5) is 4.39 Å². The summed E-state index contributed by atoms with van der Waals surface area (Å²) in [6, 6.07) is 13.0. The molecule has 0 radical (unpaired) electrons. The number of hydrogen-bond donors (Lipinski definition) is 1.